The SMILES string of the molecule is CC#CC#CC#C/C=C/C=C/CCCCCC=O. The van der Waals surface area contributed by atoms with E-state index >= 15 is 0 Å². The van der Waals surface area contributed by atoms with Crippen molar-refractivity contribution in [2.45, 2.75) is 39.0 Å². The van der Waals surface area contributed by atoms with Crippen molar-refractivity contribution in [3.63, 3.8) is 0 Å². The van der Waals surface area contributed by atoms with E-state index in [1.165, 1.54) is 0 Å². The zero-order chi connectivity index (χ0) is 13.3. The molecular weight excluding hydrogens is 220 g/mol. The maximum Gasteiger partial charge on any atom is 0.119 e. The highest BCUT2D eigenvalue weighted by atomic mass is 16.1. The van der Waals surface area contributed by atoms with Gasteiger partial charge in [-0.3, -0.25) is 0 Å². The Morgan fingerprint density at radius 2 is 1.67 bits per heavy atom. The van der Waals surface area contributed by atoms with Gasteiger partial charge in [-0.25, -0.2) is 0 Å². The lowest BCUT2D eigenvalue weighted by molar-refractivity contribution is -0.107. The van der Waals surface area contributed by atoms with Gasteiger partial charge in [-0.1, -0.05) is 36.5 Å². The molecule has 0 aromatic carbocycles. The van der Waals surface area contributed by atoms with Crippen molar-refractivity contribution in [3.8, 4) is 35.5 Å². The third-order valence-corrected chi connectivity index (χ3v) is 2.00. The van der Waals surface area contributed by atoms with Gasteiger partial charge in [0.15, 0.2) is 0 Å². The number of allylic oxidation sites excluding steroid dienone is 4. The van der Waals surface area contributed by atoms with E-state index in [0.717, 1.165) is 32.0 Å². The number of hydrogen-bond acceptors (Lipinski definition) is 1. The highest BCUT2D eigenvalue weighted by Crippen LogP contribution is 2.02. The topological polar surface area (TPSA) is 17.1 Å². The molecule has 0 bridgehead atoms. The maximum absolute atomic E-state index is 10.1. The minimum absolute atomic E-state index is 0.683. The molecule has 1 nitrogen and oxygen atoms in total. The van der Waals surface area contributed by atoms with Gasteiger partial charge in [-0.2, -0.15) is 0 Å². The lowest BCUT2D eigenvalue weighted by Gasteiger charge is -1.92. The van der Waals surface area contributed by atoms with E-state index in [9.17, 15) is 4.79 Å². The van der Waals surface area contributed by atoms with Crippen LogP contribution in [0.25, 0.3) is 0 Å². The van der Waals surface area contributed by atoms with Gasteiger partial charge >= 0.3 is 0 Å². The Balaban J connectivity index is 3.59. The second-order valence-corrected chi connectivity index (χ2v) is 3.49. The van der Waals surface area contributed by atoms with Gasteiger partial charge < -0.3 is 4.79 Å². The molecule has 0 aliphatic carbocycles. The number of rotatable bonds is 7. The fourth-order valence-corrected chi connectivity index (χ4v) is 1.15. The smallest absolute Gasteiger partial charge is 0.119 e. The fraction of sp³-hybridized carbons (Fsp3) is 0.353. The van der Waals surface area contributed by atoms with Gasteiger partial charge in [0.25, 0.3) is 0 Å². The van der Waals surface area contributed by atoms with Crippen molar-refractivity contribution in [1.82, 2.24) is 0 Å². The summed E-state index contributed by atoms with van der Waals surface area (Å²) in [5.74, 6) is 16.0. The standard InChI is InChI=1S/C17H18O/c1-2-3-4-5-6-7-8-9-10-11-12-13-14-15-16-17-18/h8-11,17H,12-16H2,1H3/b9-8+,11-10+. The molecule has 1 heteroatoms. The molecule has 0 unspecified atom stereocenters. The molecule has 18 heavy (non-hydrogen) atoms. The van der Waals surface area contributed by atoms with Gasteiger partial charge in [-0.05, 0) is 55.9 Å². The Morgan fingerprint density at radius 3 is 2.44 bits per heavy atom. The van der Waals surface area contributed by atoms with Crippen molar-refractivity contribution in [2.24, 2.45) is 0 Å². The Labute approximate surface area is 110 Å². The molecule has 0 heterocycles. The Morgan fingerprint density at radius 1 is 0.889 bits per heavy atom. The first kappa shape index (κ1) is 15.8. The predicted molar refractivity (Wildman–Crippen MR) is 76.4 cm³/mol. The van der Waals surface area contributed by atoms with E-state index in [4.69, 9.17) is 0 Å². The number of carbonyl (C=O) groups excluding carboxylic acids is 1. The first-order valence-electron chi connectivity index (χ1n) is 6.09. The zero-order valence-corrected chi connectivity index (χ0v) is 10.8. The predicted octanol–water partition coefficient (Wildman–Crippen LogP) is 3.28. The van der Waals surface area contributed by atoms with Gasteiger partial charge in [-0.15, -0.1) is 0 Å². The van der Waals surface area contributed by atoms with Gasteiger partial charge in [0, 0.05) is 6.42 Å². The van der Waals surface area contributed by atoms with Crippen LogP contribution in [0.1, 0.15) is 39.0 Å². The number of unbranched alkanes of at least 4 members (excludes halogenated alkanes) is 4. The quantitative estimate of drug-likeness (QED) is 0.288. The van der Waals surface area contributed by atoms with Crippen molar-refractivity contribution >= 4 is 6.29 Å². The first-order chi connectivity index (χ1) is 8.91. The monoisotopic (exact) mass is 238 g/mol. The maximum atomic E-state index is 10.1. The van der Waals surface area contributed by atoms with Crippen molar-refractivity contribution in [3.05, 3.63) is 24.3 Å². The Kier molecular flexibility index (Phi) is 13.0. The molecule has 0 saturated heterocycles. The highest BCUT2D eigenvalue weighted by Gasteiger charge is 1.85. The zero-order valence-electron chi connectivity index (χ0n) is 10.8. The molecule has 0 radical (unpaired) electrons. The van der Waals surface area contributed by atoms with Crippen LogP contribution in [0.2, 0.25) is 0 Å². The summed E-state index contributed by atoms with van der Waals surface area (Å²) in [6.45, 7) is 1.74. The number of hydrogen-bond donors (Lipinski definition) is 0. The molecule has 0 spiro atoms. The lowest BCUT2D eigenvalue weighted by atomic mass is 10.1. The van der Waals surface area contributed by atoms with E-state index in [1.807, 2.05) is 12.2 Å². The summed E-state index contributed by atoms with van der Waals surface area (Å²) in [5.41, 5.74) is 0. The molecule has 0 N–H and O–H groups in total. The van der Waals surface area contributed by atoms with Crippen LogP contribution in [-0.2, 0) is 4.79 Å². The van der Waals surface area contributed by atoms with E-state index < -0.39 is 0 Å². The van der Waals surface area contributed by atoms with Gasteiger partial charge in [0.2, 0.25) is 0 Å². The summed E-state index contributed by atoms with van der Waals surface area (Å²) >= 11 is 0. The van der Waals surface area contributed by atoms with Crippen LogP contribution in [-0.4, -0.2) is 6.29 Å². The summed E-state index contributed by atoms with van der Waals surface area (Å²) in [6.07, 6.45) is 13.7. The molecule has 0 fully saturated rings. The number of aldehydes is 1. The molecular formula is C17H18O. The van der Waals surface area contributed by atoms with E-state index in [1.54, 1.807) is 13.0 Å². The van der Waals surface area contributed by atoms with Crippen LogP contribution < -0.4 is 0 Å². The van der Waals surface area contributed by atoms with E-state index in [2.05, 4.69) is 41.6 Å². The summed E-state index contributed by atoms with van der Waals surface area (Å²) < 4.78 is 0. The molecule has 0 aromatic rings. The molecule has 0 aliphatic heterocycles. The third-order valence-electron chi connectivity index (χ3n) is 2.00. The lowest BCUT2D eigenvalue weighted by Crippen LogP contribution is -1.77. The summed E-state index contributed by atoms with van der Waals surface area (Å²) in [4.78, 5) is 10.1. The summed E-state index contributed by atoms with van der Waals surface area (Å²) in [6, 6.07) is 0. The molecule has 92 valence electrons. The highest BCUT2D eigenvalue weighted by molar-refractivity contribution is 5.48. The molecule has 0 rings (SSSR count). The average Bonchev–Trinajstić information content (AvgIpc) is 2.39. The third kappa shape index (κ3) is 13.8. The van der Waals surface area contributed by atoms with Gasteiger partial charge in [0.1, 0.15) is 6.29 Å². The molecule has 0 amide bonds. The fourth-order valence-electron chi connectivity index (χ4n) is 1.15. The van der Waals surface area contributed by atoms with Crippen LogP contribution in [0.3, 0.4) is 0 Å². The minimum atomic E-state index is 0.683. The van der Waals surface area contributed by atoms with E-state index in [0.29, 0.717) is 6.42 Å². The van der Waals surface area contributed by atoms with Crippen LogP contribution in [0.4, 0.5) is 0 Å². The first-order valence-corrected chi connectivity index (χ1v) is 6.09. The second kappa shape index (κ2) is 14.8. The van der Waals surface area contributed by atoms with E-state index in [-0.39, 0.29) is 0 Å². The van der Waals surface area contributed by atoms with Crippen molar-refractivity contribution < 1.29 is 4.79 Å². The van der Waals surface area contributed by atoms with Crippen LogP contribution in [0.15, 0.2) is 24.3 Å². The molecule has 0 aromatic heterocycles. The minimum Gasteiger partial charge on any atom is -0.303 e. The summed E-state index contributed by atoms with van der Waals surface area (Å²) in [7, 11) is 0. The van der Waals surface area contributed by atoms with Crippen LogP contribution in [0.5, 0.6) is 0 Å². The van der Waals surface area contributed by atoms with Crippen molar-refractivity contribution in [2.75, 3.05) is 0 Å². The Bertz CT molecular complexity index is 447. The van der Waals surface area contributed by atoms with Crippen molar-refractivity contribution in [1.29, 1.82) is 0 Å². The molecule has 0 aliphatic rings. The van der Waals surface area contributed by atoms with Crippen LogP contribution >= 0.6 is 0 Å². The largest absolute Gasteiger partial charge is 0.303 e. The van der Waals surface area contributed by atoms with Gasteiger partial charge in [0.05, 0.1) is 0 Å². The second-order valence-electron chi connectivity index (χ2n) is 3.49. The molecule has 0 saturated carbocycles. The summed E-state index contributed by atoms with van der Waals surface area (Å²) in [5, 5.41) is 0. The average molecular weight is 238 g/mol. The Hall–Kier alpha value is -2.17. The normalized spacial score (nSPS) is 8.94. The molecule has 0 atom stereocenters. The van der Waals surface area contributed by atoms with Crippen LogP contribution in [0, 0.1) is 35.5 Å². The number of carbonyl (C=O) groups is 1.